The lowest BCUT2D eigenvalue weighted by Gasteiger charge is -2.41. The van der Waals surface area contributed by atoms with E-state index in [9.17, 15) is 8.78 Å². The highest BCUT2D eigenvalue weighted by atomic mass is 32.1. The molecule has 1 aromatic carbocycles. The standard InChI is InChI=1S/C25H26F2N4S/c1-16-12-20-24(23-21(14-29-25(20)32-16)22(27)8-9-28-23)31-11-10-30(2)19(15-31)7-6-17-4-3-5-18(26)13-17/h3-5,8-9,12-14,19,29H,6-7,10-11,15H2,1-2H3. The van der Waals surface area contributed by atoms with Gasteiger partial charge in [-0.05, 0) is 56.6 Å². The predicted molar refractivity (Wildman–Crippen MR) is 126 cm³/mol. The van der Waals surface area contributed by atoms with Crippen molar-refractivity contribution >= 4 is 28.2 Å². The van der Waals surface area contributed by atoms with Crippen molar-refractivity contribution in [1.29, 1.82) is 0 Å². The molecule has 2 aliphatic heterocycles. The van der Waals surface area contributed by atoms with E-state index in [-0.39, 0.29) is 11.6 Å². The minimum atomic E-state index is -0.274. The number of benzene rings is 1. The molecule has 4 heterocycles. The van der Waals surface area contributed by atoms with Gasteiger partial charge in [-0.15, -0.1) is 11.3 Å². The number of likely N-dealkylation sites (N-methyl/N-ethyl adjacent to an activating group) is 1. The Balaban J connectivity index is 1.50. The maximum atomic E-state index is 14.7. The number of hydrogen-bond acceptors (Lipinski definition) is 5. The normalized spacial score (nSPS) is 18.4. The van der Waals surface area contributed by atoms with Crippen LogP contribution >= 0.6 is 11.3 Å². The Morgan fingerprint density at radius 1 is 1.19 bits per heavy atom. The van der Waals surface area contributed by atoms with Gasteiger partial charge in [-0.3, -0.25) is 9.88 Å². The van der Waals surface area contributed by atoms with Crippen LogP contribution in [0.1, 0.15) is 22.4 Å². The average Bonchev–Trinajstić information content (AvgIpc) is 3.06. The average molecular weight is 453 g/mol. The van der Waals surface area contributed by atoms with Crippen molar-refractivity contribution in [3.05, 3.63) is 80.8 Å². The smallest absolute Gasteiger partial charge is 0.135 e. The van der Waals surface area contributed by atoms with Crippen LogP contribution in [0.4, 0.5) is 13.8 Å². The summed E-state index contributed by atoms with van der Waals surface area (Å²) in [6.07, 6.45) is 5.02. The summed E-state index contributed by atoms with van der Waals surface area (Å²) in [7, 11) is 2.15. The summed E-state index contributed by atoms with van der Waals surface area (Å²) in [5.74, 6) is -0.465. The zero-order chi connectivity index (χ0) is 22.2. The van der Waals surface area contributed by atoms with E-state index in [2.05, 4.69) is 40.1 Å². The van der Waals surface area contributed by atoms with Gasteiger partial charge in [-0.25, -0.2) is 8.78 Å². The number of anilines is 1. The van der Waals surface area contributed by atoms with E-state index in [0.717, 1.165) is 54.3 Å². The van der Waals surface area contributed by atoms with Gasteiger partial charge in [-0.2, -0.15) is 0 Å². The first-order valence-electron chi connectivity index (χ1n) is 10.9. The Bertz CT molecular complexity index is 1270. The molecule has 1 N–H and O–H groups in total. The number of piperazine rings is 1. The Morgan fingerprint density at radius 3 is 2.91 bits per heavy atom. The van der Waals surface area contributed by atoms with Gasteiger partial charge in [0.15, 0.2) is 0 Å². The molecule has 166 valence electrons. The third-order valence-corrected chi connectivity index (χ3v) is 7.35. The van der Waals surface area contributed by atoms with Crippen molar-refractivity contribution in [2.45, 2.75) is 25.8 Å². The lowest BCUT2D eigenvalue weighted by atomic mass is 10.0. The molecule has 0 saturated carbocycles. The van der Waals surface area contributed by atoms with E-state index in [1.807, 2.05) is 6.07 Å². The predicted octanol–water partition coefficient (Wildman–Crippen LogP) is 3.30. The SMILES string of the molecule is Cc1cc2c(s1)NC=c1c(F)ccnc1=C2N1CCN(C)C(CCc2cccc(F)c2)C1. The summed E-state index contributed by atoms with van der Waals surface area (Å²) in [5.41, 5.74) is 3.08. The molecule has 2 aliphatic rings. The van der Waals surface area contributed by atoms with Crippen LogP contribution in [0.2, 0.25) is 0 Å². The summed E-state index contributed by atoms with van der Waals surface area (Å²) < 4.78 is 28.3. The maximum Gasteiger partial charge on any atom is 0.135 e. The molecule has 0 bridgehead atoms. The highest BCUT2D eigenvalue weighted by Gasteiger charge is 2.29. The quantitative estimate of drug-likeness (QED) is 0.658. The third-order valence-electron chi connectivity index (χ3n) is 6.37. The number of fused-ring (bicyclic) bond motifs is 2. The Kier molecular flexibility index (Phi) is 5.69. The molecule has 5 rings (SSSR count). The number of aryl methyl sites for hydroxylation is 2. The van der Waals surface area contributed by atoms with Crippen LogP contribution in [0.25, 0.3) is 11.9 Å². The lowest BCUT2D eigenvalue weighted by Crippen LogP contribution is -2.52. The van der Waals surface area contributed by atoms with E-state index in [0.29, 0.717) is 16.6 Å². The molecular weight excluding hydrogens is 426 g/mol. The van der Waals surface area contributed by atoms with E-state index in [1.165, 1.54) is 17.0 Å². The summed E-state index contributed by atoms with van der Waals surface area (Å²) in [6, 6.07) is 10.7. The van der Waals surface area contributed by atoms with Crippen LogP contribution in [-0.4, -0.2) is 47.5 Å². The highest BCUT2D eigenvalue weighted by molar-refractivity contribution is 7.16. The summed E-state index contributed by atoms with van der Waals surface area (Å²) in [5, 5.41) is 5.50. The van der Waals surface area contributed by atoms with Crippen LogP contribution in [0, 0.1) is 18.6 Å². The molecule has 1 unspecified atom stereocenters. The van der Waals surface area contributed by atoms with Gasteiger partial charge in [0.2, 0.25) is 0 Å². The molecule has 0 spiro atoms. The molecule has 1 atom stereocenters. The first-order valence-corrected chi connectivity index (χ1v) is 11.7. The van der Waals surface area contributed by atoms with Gasteiger partial charge >= 0.3 is 0 Å². The number of rotatable bonds is 4. The second-order valence-electron chi connectivity index (χ2n) is 8.54. The van der Waals surface area contributed by atoms with Crippen LogP contribution in [-0.2, 0) is 6.42 Å². The van der Waals surface area contributed by atoms with E-state index in [4.69, 9.17) is 0 Å². The zero-order valence-corrected chi connectivity index (χ0v) is 19.1. The van der Waals surface area contributed by atoms with E-state index >= 15 is 0 Å². The molecule has 1 saturated heterocycles. The van der Waals surface area contributed by atoms with Crippen LogP contribution < -0.4 is 15.9 Å². The largest absolute Gasteiger partial charge is 0.366 e. The number of pyridine rings is 1. The number of aromatic nitrogens is 1. The molecule has 0 radical (unpaired) electrons. The fourth-order valence-corrected chi connectivity index (χ4v) is 5.53. The second-order valence-corrected chi connectivity index (χ2v) is 9.80. The topological polar surface area (TPSA) is 31.4 Å². The first kappa shape index (κ1) is 21.1. The van der Waals surface area contributed by atoms with Crippen molar-refractivity contribution < 1.29 is 8.78 Å². The number of nitrogens with one attached hydrogen (secondary N) is 1. The molecule has 7 heteroatoms. The number of halogens is 2. The van der Waals surface area contributed by atoms with Crippen molar-refractivity contribution in [2.24, 2.45) is 0 Å². The van der Waals surface area contributed by atoms with Gasteiger partial charge in [0.05, 0.1) is 16.3 Å². The Labute approximate surface area is 190 Å². The third kappa shape index (κ3) is 4.02. The zero-order valence-electron chi connectivity index (χ0n) is 18.2. The van der Waals surface area contributed by atoms with Crippen molar-refractivity contribution in [3.8, 4) is 0 Å². The molecule has 0 aliphatic carbocycles. The first-order chi connectivity index (χ1) is 15.5. The lowest BCUT2D eigenvalue weighted by molar-refractivity contribution is 0.128. The van der Waals surface area contributed by atoms with Gasteiger partial charge in [0, 0.05) is 48.5 Å². The number of nitrogens with zero attached hydrogens (tertiary/aromatic N) is 3. The van der Waals surface area contributed by atoms with Crippen molar-refractivity contribution in [2.75, 3.05) is 32.0 Å². The molecule has 32 heavy (non-hydrogen) atoms. The fraction of sp³-hybridized carbons (Fsp3) is 0.320. The molecule has 0 amide bonds. The van der Waals surface area contributed by atoms with Gasteiger partial charge in [0.25, 0.3) is 0 Å². The van der Waals surface area contributed by atoms with Crippen molar-refractivity contribution in [3.63, 3.8) is 0 Å². The van der Waals surface area contributed by atoms with Crippen molar-refractivity contribution in [1.82, 2.24) is 14.8 Å². The van der Waals surface area contributed by atoms with E-state index < -0.39 is 0 Å². The van der Waals surface area contributed by atoms with Gasteiger partial charge < -0.3 is 10.2 Å². The Morgan fingerprint density at radius 2 is 2.06 bits per heavy atom. The second kappa shape index (κ2) is 8.64. The highest BCUT2D eigenvalue weighted by Crippen LogP contribution is 2.35. The van der Waals surface area contributed by atoms with E-state index in [1.54, 1.807) is 35.9 Å². The minimum absolute atomic E-state index is 0.191. The Hall–Kier alpha value is -2.77. The molecular formula is C25H26F2N4S. The molecule has 4 nitrogen and oxygen atoms in total. The molecule has 3 aromatic rings. The van der Waals surface area contributed by atoms with Crippen LogP contribution in [0.5, 0.6) is 0 Å². The van der Waals surface area contributed by atoms with Crippen LogP contribution in [0.15, 0.2) is 42.6 Å². The molecule has 2 aromatic heterocycles. The molecule has 1 fully saturated rings. The maximum absolute atomic E-state index is 14.7. The fourth-order valence-electron chi connectivity index (χ4n) is 4.65. The van der Waals surface area contributed by atoms with Gasteiger partial charge in [-0.1, -0.05) is 12.1 Å². The van der Waals surface area contributed by atoms with Gasteiger partial charge in [0.1, 0.15) is 16.6 Å². The summed E-state index contributed by atoms with van der Waals surface area (Å²) in [6.45, 7) is 4.64. The minimum Gasteiger partial charge on any atom is -0.366 e. The van der Waals surface area contributed by atoms with Crippen LogP contribution in [0.3, 0.4) is 0 Å². The summed E-state index contributed by atoms with van der Waals surface area (Å²) in [4.78, 5) is 10.5. The summed E-state index contributed by atoms with van der Waals surface area (Å²) >= 11 is 1.67. The number of thiophene rings is 1. The number of hydrogen-bond donors (Lipinski definition) is 1. The monoisotopic (exact) mass is 452 g/mol.